The molecule has 5 heteroatoms. The van der Waals surface area contributed by atoms with E-state index in [1.807, 2.05) is 31.2 Å². The van der Waals surface area contributed by atoms with E-state index >= 15 is 0 Å². The maximum atomic E-state index is 12.3. The van der Waals surface area contributed by atoms with Crippen molar-refractivity contribution in [3.05, 3.63) is 29.8 Å². The van der Waals surface area contributed by atoms with Gasteiger partial charge in [-0.2, -0.15) is 0 Å². The summed E-state index contributed by atoms with van der Waals surface area (Å²) in [6, 6.07) is 7.57. The van der Waals surface area contributed by atoms with E-state index in [1.165, 1.54) is 4.90 Å². The number of hydrogen-bond donors (Lipinski definition) is 1. The summed E-state index contributed by atoms with van der Waals surface area (Å²) in [5.41, 5.74) is 1.76. The molecule has 108 valence electrons. The molecule has 0 aromatic heterocycles. The number of nitrogens with one attached hydrogen (secondary N) is 1. The molecule has 5 nitrogen and oxygen atoms in total. The zero-order valence-electron chi connectivity index (χ0n) is 12.1. The van der Waals surface area contributed by atoms with Crippen molar-refractivity contribution in [2.75, 3.05) is 38.1 Å². The highest BCUT2D eigenvalue weighted by atomic mass is 16.2. The lowest BCUT2D eigenvalue weighted by atomic mass is 10.2. The number of anilines is 1. The average molecular weight is 275 g/mol. The Bertz CT molecular complexity index is 494. The van der Waals surface area contributed by atoms with Gasteiger partial charge in [0.2, 0.25) is 0 Å². The molecule has 0 atom stereocenters. The molecule has 1 fully saturated rings. The lowest BCUT2D eigenvalue weighted by molar-refractivity contribution is -0.144. The highest BCUT2D eigenvalue weighted by Crippen LogP contribution is 2.18. The first-order valence-electron chi connectivity index (χ1n) is 6.94. The van der Waals surface area contributed by atoms with Crippen LogP contribution in [-0.2, 0) is 9.59 Å². The van der Waals surface area contributed by atoms with Crippen LogP contribution in [0, 0.1) is 6.92 Å². The quantitative estimate of drug-likeness (QED) is 0.771. The highest BCUT2D eigenvalue weighted by molar-refractivity contribution is 6.40. The molecule has 20 heavy (non-hydrogen) atoms. The van der Waals surface area contributed by atoms with Crippen LogP contribution in [0.25, 0.3) is 0 Å². The Labute approximate surface area is 119 Å². The summed E-state index contributed by atoms with van der Waals surface area (Å²) >= 11 is 0. The molecule has 2 amide bonds. The number of carbonyl (C=O) groups excluding carboxylic acids is 2. The van der Waals surface area contributed by atoms with Gasteiger partial charge in [-0.05, 0) is 31.5 Å². The molecule has 1 heterocycles. The summed E-state index contributed by atoms with van der Waals surface area (Å²) in [5, 5.41) is 3.22. The monoisotopic (exact) mass is 275 g/mol. The van der Waals surface area contributed by atoms with Crippen molar-refractivity contribution in [3.8, 4) is 0 Å². The van der Waals surface area contributed by atoms with Gasteiger partial charge in [0.05, 0.1) is 0 Å². The van der Waals surface area contributed by atoms with Crippen LogP contribution in [0.15, 0.2) is 24.3 Å². The van der Waals surface area contributed by atoms with Crippen molar-refractivity contribution in [1.82, 2.24) is 10.2 Å². The van der Waals surface area contributed by atoms with E-state index in [-0.39, 0.29) is 0 Å². The number of rotatable bonds is 1. The molecule has 2 rings (SSSR count). The van der Waals surface area contributed by atoms with Crippen molar-refractivity contribution in [2.24, 2.45) is 0 Å². The second kappa shape index (κ2) is 6.52. The zero-order chi connectivity index (χ0) is 14.5. The third-order valence-corrected chi connectivity index (χ3v) is 3.59. The van der Waals surface area contributed by atoms with Crippen LogP contribution in [0.4, 0.5) is 5.69 Å². The fourth-order valence-corrected chi connectivity index (χ4v) is 2.38. The van der Waals surface area contributed by atoms with Gasteiger partial charge in [0.1, 0.15) is 0 Å². The van der Waals surface area contributed by atoms with E-state index in [2.05, 4.69) is 5.32 Å². The molecule has 0 spiro atoms. The first-order chi connectivity index (χ1) is 9.61. The van der Waals surface area contributed by atoms with Gasteiger partial charge >= 0.3 is 11.8 Å². The normalized spacial score (nSPS) is 15.6. The minimum absolute atomic E-state index is 0.417. The zero-order valence-corrected chi connectivity index (χ0v) is 12.1. The van der Waals surface area contributed by atoms with Gasteiger partial charge in [-0.25, -0.2) is 0 Å². The largest absolute Gasteiger partial charge is 0.333 e. The first kappa shape index (κ1) is 14.5. The standard InChI is InChI=1S/C15H21N3O2/c1-12-6-3-4-7-13(12)17(2)14(19)15(20)18-10-5-8-16-9-11-18/h3-4,6-7,16H,5,8-11H2,1-2H3. The van der Waals surface area contributed by atoms with Crippen molar-refractivity contribution >= 4 is 17.5 Å². The maximum Gasteiger partial charge on any atom is 0.316 e. The van der Waals surface area contributed by atoms with Gasteiger partial charge in [-0.3, -0.25) is 9.59 Å². The van der Waals surface area contributed by atoms with Gasteiger partial charge in [-0.15, -0.1) is 0 Å². The van der Waals surface area contributed by atoms with E-state index < -0.39 is 11.8 Å². The number of para-hydroxylation sites is 1. The Hall–Kier alpha value is -1.88. The summed E-state index contributed by atoms with van der Waals surface area (Å²) in [5.74, 6) is -0.888. The predicted molar refractivity (Wildman–Crippen MR) is 78.7 cm³/mol. The predicted octanol–water partition coefficient (Wildman–Crippen LogP) is 0.780. The Kier molecular flexibility index (Phi) is 4.74. The van der Waals surface area contributed by atoms with Gasteiger partial charge in [-0.1, -0.05) is 18.2 Å². The summed E-state index contributed by atoms with van der Waals surface area (Å²) < 4.78 is 0. The van der Waals surface area contributed by atoms with Crippen LogP contribution >= 0.6 is 0 Å². The van der Waals surface area contributed by atoms with E-state index in [1.54, 1.807) is 11.9 Å². The molecule has 0 radical (unpaired) electrons. The molecule has 1 aromatic rings. The van der Waals surface area contributed by atoms with Gasteiger partial charge in [0, 0.05) is 32.4 Å². The van der Waals surface area contributed by atoms with E-state index in [4.69, 9.17) is 0 Å². The van der Waals surface area contributed by atoms with E-state index in [0.29, 0.717) is 13.1 Å². The lowest BCUT2D eigenvalue weighted by Gasteiger charge is -2.24. The summed E-state index contributed by atoms with van der Waals surface area (Å²) in [6.45, 7) is 4.80. The minimum atomic E-state index is -0.471. The van der Waals surface area contributed by atoms with Crippen molar-refractivity contribution in [1.29, 1.82) is 0 Å². The number of amides is 2. The first-order valence-corrected chi connectivity index (χ1v) is 6.94. The molecule has 0 saturated carbocycles. The number of carbonyl (C=O) groups is 2. The number of benzene rings is 1. The summed E-state index contributed by atoms with van der Waals surface area (Å²) in [7, 11) is 1.65. The summed E-state index contributed by atoms with van der Waals surface area (Å²) in [4.78, 5) is 27.7. The van der Waals surface area contributed by atoms with Crippen LogP contribution < -0.4 is 10.2 Å². The van der Waals surface area contributed by atoms with Crippen LogP contribution in [0.2, 0.25) is 0 Å². The maximum absolute atomic E-state index is 12.3. The Morgan fingerprint density at radius 3 is 2.70 bits per heavy atom. The van der Waals surface area contributed by atoms with Gasteiger partial charge in [0.25, 0.3) is 0 Å². The van der Waals surface area contributed by atoms with Crippen LogP contribution in [0.5, 0.6) is 0 Å². The second-order valence-corrected chi connectivity index (χ2v) is 5.05. The SMILES string of the molecule is Cc1ccccc1N(C)C(=O)C(=O)N1CCCNCC1. The van der Waals surface area contributed by atoms with Crippen molar-refractivity contribution < 1.29 is 9.59 Å². The molecule has 1 aliphatic rings. The molecule has 1 aliphatic heterocycles. The summed E-state index contributed by atoms with van der Waals surface area (Å²) in [6.07, 6.45) is 0.882. The van der Waals surface area contributed by atoms with Crippen molar-refractivity contribution in [2.45, 2.75) is 13.3 Å². The lowest BCUT2D eigenvalue weighted by Crippen LogP contribution is -2.45. The molecular formula is C15H21N3O2. The molecule has 0 unspecified atom stereocenters. The van der Waals surface area contributed by atoms with E-state index in [9.17, 15) is 9.59 Å². The topological polar surface area (TPSA) is 52.7 Å². The fraction of sp³-hybridized carbons (Fsp3) is 0.467. The molecule has 0 bridgehead atoms. The van der Waals surface area contributed by atoms with Crippen LogP contribution in [0.1, 0.15) is 12.0 Å². The fourth-order valence-electron chi connectivity index (χ4n) is 2.38. The smallest absolute Gasteiger partial charge is 0.316 e. The van der Waals surface area contributed by atoms with Gasteiger partial charge in [0.15, 0.2) is 0 Å². The third-order valence-electron chi connectivity index (χ3n) is 3.59. The Morgan fingerprint density at radius 2 is 1.95 bits per heavy atom. The molecule has 1 N–H and O–H groups in total. The number of aryl methyl sites for hydroxylation is 1. The third kappa shape index (κ3) is 3.17. The number of nitrogens with zero attached hydrogens (tertiary/aromatic N) is 2. The molecular weight excluding hydrogens is 254 g/mol. The van der Waals surface area contributed by atoms with Crippen molar-refractivity contribution in [3.63, 3.8) is 0 Å². The van der Waals surface area contributed by atoms with Crippen LogP contribution in [0.3, 0.4) is 0 Å². The number of likely N-dealkylation sites (N-methyl/N-ethyl adjacent to an activating group) is 1. The van der Waals surface area contributed by atoms with E-state index in [0.717, 1.165) is 30.8 Å². The Morgan fingerprint density at radius 1 is 1.20 bits per heavy atom. The van der Waals surface area contributed by atoms with Gasteiger partial charge < -0.3 is 15.1 Å². The van der Waals surface area contributed by atoms with Crippen LogP contribution in [-0.4, -0.2) is 49.9 Å². The second-order valence-electron chi connectivity index (χ2n) is 5.05. The molecule has 1 saturated heterocycles. The average Bonchev–Trinajstić information content (AvgIpc) is 2.74. The highest BCUT2D eigenvalue weighted by Gasteiger charge is 2.26. The number of hydrogen-bond acceptors (Lipinski definition) is 3. The Balaban J connectivity index is 2.10. The minimum Gasteiger partial charge on any atom is -0.333 e. The molecule has 1 aromatic carbocycles. The molecule has 0 aliphatic carbocycles.